The molecule has 4 nitrogen and oxygen atoms in total. The number of piperidine rings is 1. The average molecular weight is 181 g/mol. The molecule has 0 radical (unpaired) electrons. The molecule has 1 aromatic rings. The maximum atomic E-state index is 9.42. The van der Waals surface area contributed by atoms with Gasteiger partial charge in [0.05, 0.1) is 12.1 Å². The SMILES string of the molecule is OCC1(n2cccn2)CCNCC1. The van der Waals surface area contributed by atoms with E-state index in [1.807, 2.05) is 16.9 Å². The Balaban J connectivity index is 2.23. The third-order valence-corrected chi connectivity index (χ3v) is 2.82. The molecule has 1 saturated heterocycles. The monoisotopic (exact) mass is 181 g/mol. The van der Waals surface area contributed by atoms with E-state index >= 15 is 0 Å². The van der Waals surface area contributed by atoms with Crippen molar-refractivity contribution in [2.24, 2.45) is 0 Å². The molecule has 2 heterocycles. The van der Waals surface area contributed by atoms with Gasteiger partial charge in [0, 0.05) is 12.4 Å². The van der Waals surface area contributed by atoms with E-state index in [1.165, 1.54) is 0 Å². The first-order chi connectivity index (χ1) is 6.37. The maximum Gasteiger partial charge on any atom is 0.0881 e. The van der Waals surface area contributed by atoms with Gasteiger partial charge in [-0.05, 0) is 32.0 Å². The first-order valence-electron chi connectivity index (χ1n) is 4.69. The Bertz CT molecular complexity index is 252. The second-order valence-electron chi connectivity index (χ2n) is 3.58. The molecule has 13 heavy (non-hydrogen) atoms. The van der Waals surface area contributed by atoms with Gasteiger partial charge < -0.3 is 10.4 Å². The summed E-state index contributed by atoms with van der Waals surface area (Å²) in [6.45, 7) is 2.09. The third-order valence-electron chi connectivity index (χ3n) is 2.82. The standard InChI is InChI=1S/C9H15N3O/c13-8-9(2-5-10-6-3-9)12-7-1-4-11-12/h1,4,7,10,13H,2-3,5-6,8H2. The number of rotatable bonds is 2. The van der Waals surface area contributed by atoms with Crippen LogP contribution in [0.5, 0.6) is 0 Å². The second kappa shape index (κ2) is 3.47. The average Bonchev–Trinajstić information content (AvgIpc) is 2.72. The van der Waals surface area contributed by atoms with Gasteiger partial charge >= 0.3 is 0 Å². The number of aliphatic hydroxyl groups excluding tert-OH is 1. The van der Waals surface area contributed by atoms with E-state index in [9.17, 15) is 5.11 Å². The van der Waals surface area contributed by atoms with Crippen molar-refractivity contribution in [1.29, 1.82) is 0 Å². The van der Waals surface area contributed by atoms with E-state index in [1.54, 1.807) is 6.20 Å². The minimum atomic E-state index is -0.158. The molecule has 2 N–H and O–H groups in total. The highest BCUT2D eigenvalue weighted by molar-refractivity contribution is 4.93. The Labute approximate surface area is 77.6 Å². The molecule has 0 atom stereocenters. The van der Waals surface area contributed by atoms with Crippen molar-refractivity contribution in [2.75, 3.05) is 19.7 Å². The van der Waals surface area contributed by atoms with Crippen molar-refractivity contribution < 1.29 is 5.11 Å². The van der Waals surface area contributed by atoms with Crippen molar-refractivity contribution in [1.82, 2.24) is 15.1 Å². The zero-order valence-corrected chi connectivity index (χ0v) is 7.61. The van der Waals surface area contributed by atoms with Crippen molar-refractivity contribution in [3.05, 3.63) is 18.5 Å². The second-order valence-corrected chi connectivity index (χ2v) is 3.58. The molecule has 0 unspecified atom stereocenters. The van der Waals surface area contributed by atoms with Crippen LogP contribution in [0.4, 0.5) is 0 Å². The number of hydrogen-bond acceptors (Lipinski definition) is 3. The highest BCUT2D eigenvalue weighted by Crippen LogP contribution is 2.25. The van der Waals surface area contributed by atoms with Gasteiger partial charge in [0.15, 0.2) is 0 Å². The first kappa shape index (κ1) is 8.72. The van der Waals surface area contributed by atoms with Gasteiger partial charge in [-0.15, -0.1) is 0 Å². The molecule has 1 aromatic heterocycles. The predicted molar refractivity (Wildman–Crippen MR) is 49.4 cm³/mol. The van der Waals surface area contributed by atoms with Crippen LogP contribution in [0.2, 0.25) is 0 Å². The summed E-state index contributed by atoms with van der Waals surface area (Å²) in [6, 6.07) is 1.90. The van der Waals surface area contributed by atoms with E-state index in [2.05, 4.69) is 10.4 Å². The Morgan fingerprint density at radius 1 is 1.46 bits per heavy atom. The molecule has 72 valence electrons. The number of nitrogens with zero attached hydrogens (tertiary/aromatic N) is 2. The molecule has 4 heteroatoms. The fourth-order valence-corrected chi connectivity index (χ4v) is 1.90. The lowest BCUT2D eigenvalue weighted by atomic mass is 9.89. The van der Waals surface area contributed by atoms with Crippen LogP contribution in [0.25, 0.3) is 0 Å². The minimum absolute atomic E-state index is 0.158. The molecule has 0 aromatic carbocycles. The Hall–Kier alpha value is -0.870. The van der Waals surface area contributed by atoms with E-state index in [0.29, 0.717) is 0 Å². The van der Waals surface area contributed by atoms with Crippen LogP contribution in [0.1, 0.15) is 12.8 Å². The summed E-state index contributed by atoms with van der Waals surface area (Å²) in [5, 5.41) is 16.9. The van der Waals surface area contributed by atoms with Gasteiger partial charge in [-0.3, -0.25) is 4.68 Å². The van der Waals surface area contributed by atoms with Gasteiger partial charge in [-0.25, -0.2) is 0 Å². The van der Waals surface area contributed by atoms with Gasteiger partial charge in [-0.2, -0.15) is 5.10 Å². The van der Waals surface area contributed by atoms with E-state index in [0.717, 1.165) is 25.9 Å². The molecule has 2 rings (SSSR count). The van der Waals surface area contributed by atoms with E-state index in [-0.39, 0.29) is 12.1 Å². The summed E-state index contributed by atoms with van der Waals surface area (Å²) < 4.78 is 1.90. The van der Waals surface area contributed by atoms with Crippen LogP contribution < -0.4 is 5.32 Å². The molecule has 1 fully saturated rings. The van der Waals surface area contributed by atoms with Gasteiger partial charge in [0.2, 0.25) is 0 Å². The van der Waals surface area contributed by atoms with Crippen LogP contribution in [0, 0.1) is 0 Å². The molecule has 0 bridgehead atoms. The predicted octanol–water partition coefficient (Wildman–Crippen LogP) is -0.0459. The minimum Gasteiger partial charge on any atom is -0.394 e. The molecule has 0 saturated carbocycles. The molecule has 0 aliphatic carbocycles. The zero-order valence-electron chi connectivity index (χ0n) is 7.61. The first-order valence-corrected chi connectivity index (χ1v) is 4.69. The van der Waals surface area contributed by atoms with Crippen LogP contribution in [0.3, 0.4) is 0 Å². The molecule has 0 amide bonds. The van der Waals surface area contributed by atoms with Crippen molar-refractivity contribution >= 4 is 0 Å². The third kappa shape index (κ3) is 1.47. The van der Waals surface area contributed by atoms with Crippen molar-refractivity contribution in [3.8, 4) is 0 Å². The van der Waals surface area contributed by atoms with Crippen LogP contribution >= 0.6 is 0 Å². The van der Waals surface area contributed by atoms with Crippen LogP contribution in [-0.2, 0) is 5.54 Å². The molecule has 1 aliphatic rings. The fourth-order valence-electron chi connectivity index (χ4n) is 1.90. The molecule has 1 aliphatic heterocycles. The number of hydrogen-bond donors (Lipinski definition) is 2. The zero-order chi connectivity index (χ0) is 9.15. The largest absolute Gasteiger partial charge is 0.394 e. The lowest BCUT2D eigenvalue weighted by Crippen LogP contribution is -2.47. The van der Waals surface area contributed by atoms with Crippen LogP contribution in [-0.4, -0.2) is 34.6 Å². The molecule has 0 spiro atoms. The summed E-state index contributed by atoms with van der Waals surface area (Å²) in [4.78, 5) is 0. The fraction of sp³-hybridized carbons (Fsp3) is 0.667. The maximum absolute atomic E-state index is 9.42. The van der Waals surface area contributed by atoms with Gasteiger partial charge in [-0.1, -0.05) is 0 Å². The molecular weight excluding hydrogens is 166 g/mol. The summed E-state index contributed by atoms with van der Waals surface area (Å²) >= 11 is 0. The normalized spacial score (nSPS) is 21.6. The van der Waals surface area contributed by atoms with E-state index < -0.39 is 0 Å². The van der Waals surface area contributed by atoms with Crippen molar-refractivity contribution in [2.45, 2.75) is 18.4 Å². The smallest absolute Gasteiger partial charge is 0.0881 e. The molecular formula is C9H15N3O. The number of aliphatic hydroxyl groups is 1. The quantitative estimate of drug-likeness (QED) is 0.673. The lowest BCUT2D eigenvalue weighted by molar-refractivity contribution is 0.0856. The highest BCUT2D eigenvalue weighted by atomic mass is 16.3. The summed E-state index contributed by atoms with van der Waals surface area (Å²) in [5.41, 5.74) is -0.158. The summed E-state index contributed by atoms with van der Waals surface area (Å²) in [7, 11) is 0. The van der Waals surface area contributed by atoms with Crippen molar-refractivity contribution in [3.63, 3.8) is 0 Å². The summed E-state index contributed by atoms with van der Waals surface area (Å²) in [5.74, 6) is 0. The lowest BCUT2D eigenvalue weighted by Gasteiger charge is -2.36. The Morgan fingerprint density at radius 3 is 2.77 bits per heavy atom. The van der Waals surface area contributed by atoms with Gasteiger partial charge in [0.25, 0.3) is 0 Å². The Kier molecular flexibility index (Phi) is 2.33. The van der Waals surface area contributed by atoms with E-state index in [4.69, 9.17) is 0 Å². The van der Waals surface area contributed by atoms with Crippen LogP contribution in [0.15, 0.2) is 18.5 Å². The number of aromatic nitrogens is 2. The summed E-state index contributed by atoms with van der Waals surface area (Å²) in [6.07, 6.45) is 5.59. The Morgan fingerprint density at radius 2 is 2.23 bits per heavy atom. The number of nitrogens with one attached hydrogen (secondary N) is 1. The van der Waals surface area contributed by atoms with Gasteiger partial charge in [0.1, 0.15) is 0 Å². The highest BCUT2D eigenvalue weighted by Gasteiger charge is 2.33. The topological polar surface area (TPSA) is 50.1 Å².